The molecule has 0 unspecified atom stereocenters. The van der Waals surface area contributed by atoms with E-state index in [2.05, 4.69) is 71.2 Å². The molecule has 1 heterocycles. The standard InChI is InChI=1S/C19H26OS.B/c1-18(2,3)15-11-13(10-14-8-7-9-21-14)12-16(17(15)20)19(4,5)6;/h7-9,11-13H,10H2,1-6H3;. The number of carbonyl (C=O) groups excluding carboxylic acids is 1. The van der Waals surface area contributed by atoms with Gasteiger partial charge in [0.15, 0.2) is 5.78 Å². The molecule has 0 spiro atoms. The van der Waals surface area contributed by atoms with Crippen LogP contribution in [0.3, 0.4) is 0 Å². The van der Waals surface area contributed by atoms with Crippen LogP contribution in [0.1, 0.15) is 46.4 Å². The van der Waals surface area contributed by atoms with Gasteiger partial charge in [-0.15, -0.1) is 11.3 Å². The van der Waals surface area contributed by atoms with Crippen LogP contribution in [0, 0.1) is 16.7 Å². The number of ketones is 1. The van der Waals surface area contributed by atoms with Gasteiger partial charge in [-0.3, -0.25) is 4.79 Å². The first kappa shape index (κ1) is 19.0. The Bertz CT molecular complexity index is 546. The Morgan fingerprint density at radius 2 is 1.50 bits per heavy atom. The van der Waals surface area contributed by atoms with Crippen LogP contribution < -0.4 is 0 Å². The summed E-state index contributed by atoms with van der Waals surface area (Å²) >= 11 is 1.79. The molecule has 117 valence electrons. The normalized spacial score (nSPS) is 16.9. The summed E-state index contributed by atoms with van der Waals surface area (Å²) in [5.74, 6) is 0.558. The average Bonchev–Trinajstić information content (AvgIpc) is 2.81. The predicted octanol–water partition coefficient (Wildman–Crippen LogP) is 5.05. The zero-order chi connectivity index (χ0) is 15.8. The maximum Gasteiger partial charge on any atom is 0.185 e. The molecule has 0 saturated carbocycles. The van der Waals surface area contributed by atoms with Crippen molar-refractivity contribution in [3.8, 4) is 0 Å². The molecule has 0 aromatic carbocycles. The summed E-state index contributed by atoms with van der Waals surface area (Å²) in [5.41, 5.74) is 1.73. The third-order valence-electron chi connectivity index (χ3n) is 3.88. The van der Waals surface area contributed by atoms with Gasteiger partial charge in [0.05, 0.1) is 0 Å². The van der Waals surface area contributed by atoms with Gasteiger partial charge in [-0.05, 0) is 28.7 Å². The second-order valence-corrected chi connectivity index (χ2v) is 8.97. The van der Waals surface area contributed by atoms with Gasteiger partial charge in [-0.1, -0.05) is 59.8 Å². The van der Waals surface area contributed by atoms with Crippen molar-refractivity contribution in [3.05, 3.63) is 45.7 Å². The van der Waals surface area contributed by atoms with Crippen LogP contribution in [0.4, 0.5) is 0 Å². The monoisotopic (exact) mass is 313 g/mol. The molecule has 0 aliphatic heterocycles. The summed E-state index contributed by atoms with van der Waals surface area (Å²) < 4.78 is 0. The lowest BCUT2D eigenvalue weighted by atomic mass is 9.70. The van der Waals surface area contributed by atoms with Crippen molar-refractivity contribution in [1.82, 2.24) is 0 Å². The lowest BCUT2D eigenvalue weighted by molar-refractivity contribution is -0.114. The molecule has 0 atom stereocenters. The van der Waals surface area contributed by atoms with E-state index in [1.807, 2.05) is 0 Å². The average molecular weight is 313 g/mol. The molecule has 0 saturated heterocycles. The number of carbonyl (C=O) groups is 1. The minimum absolute atomic E-state index is 0. The molecule has 0 bridgehead atoms. The van der Waals surface area contributed by atoms with E-state index in [0.717, 1.165) is 17.6 Å². The molecule has 0 amide bonds. The van der Waals surface area contributed by atoms with Crippen molar-refractivity contribution in [2.75, 3.05) is 0 Å². The van der Waals surface area contributed by atoms with Gasteiger partial charge in [0.1, 0.15) is 0 Å². The van der Waals surface area contributed by atoms with Crippen LogP contribution in [0.15, 0.2) is 40.8 Å². The van der Waals surface area contributed by atoms with Crippen LogP contribution in [-0.4, -0.2) is 14.2 Å². The number of hydrogen-bond acceptors (Lipinski definition) is 2. The Labute approximate surface area is 141 Å². The number of rotatable bonds is 2. The lowest BCUT2D eigenvalue weighted by Crippen LogP contribution is -2.29. The van der Waals surface area contributed by atoms with Crippen molar-refractivity contribution in [3.63, 3.8) is 0 Å². The predicted molar refractivity (Wildman–Crippen MR) is 97.4 cm³/mol. The summed E-state index contributed by atoms with van der Waals surface area (Å²) in [6.45, 7) is 12.8. The smallest absolute Gasteiger partial charge is 0.185 e. The molecule has 1 aromatic rings. The van der Waals surface area contributed by atoms with E-state index < -0.39 is 0 Å². The van der Waals surface area contributed by atoms with E-state index in [-0.39, 0.29) is 25.0 Å². The summed E-state index contributed by atoms with van der Waals surface area (Å²) in [6, 6.07) is 4.27. The van der Waals surface area contributed by atoms with Crippen LogP contribution >= 0.6 is 11.3 Å². The first-order chi connectivity index (χ1) is 9.59. The van der Waals surface area contributed by atoms with Gasteiger partial charge in [0, 0.05) is 30.4 Å². The molecule has 2 rings (SSSR count). The fourth-order valence-corrected chi connectivity index (χ4v) is 3.51. The topological polar surface area (TPSA) is 17.1 Å². The molecule has 3 radical (unpaired) electrons. The van der Waals surface area contributed by atoms with Crippen molar-refractivity contribution in [2.24, 2.45) is 16.7 Å². The van der Waals surface area contributed by atoms with E-state index in [4.69, 9.17) is 0 Å². The molecule has 1 aliphatic carbocycles. The van der Waals surface area contributed by atoms with E-state index in [1.165, 1.54) is 4.88 Å². The van der Waals surface area contributed by atoms with Gasteiger partial charge in [0.25, 0.3) is 0 Å². The Morgan fingerprint density at radius 3 is 1.86 bits per heavy atom. The molecule has 1 aromatic heterocycles. The van der Waals surface area contributed by atoms with Crippen molar-refractivity contribution in [2.45, 2.75) is 48.0 Å². The Morgan fingerprint density at radius 1 is 1.00 bits per heavy atom. The summed E-state index contributed by atoms with van der Waals surface area (Å²) in [6.07, 6.45) is 5.37. The quantitative estimate of drug-likeness (QED) is 0.698. The van der Waals surface area contributed by atoms with Gasteiger partial charge in [-0.25, -0.2) is 0 Å². The molecule has 22 heavy (non-hydrogen) atoms. The van der Waals surface area contributed by atoms with Gasteiger partial charge >= 0.3 is 0 Å². The Balaban J connectivity index is 0.00000242. The van der Waals surface area contributed by atoms with Crippen molar-refractivity contribution >= 4 is 25.5 Å². The van der Waals surface area contributed by atoms with E-state index in [0.29, 0.717) is 5.92 Å². The van der Waals surface area contributed by atoms with Gasteiger partial charge < -0.3 is 0 Å². The second-order valence-electron chi connectivity index (χ2n) is 7.94. The third kappa shape index (κ3) is 4.22. The number of allylic oxidation sites excluding steroid dienone is 4. The minimum Gasteiger partial charge on any atom is -0.289 e. The molecular weight excluding hydrogens is 287 g/mol. The molecule has 0 N–H and O–H groups in total. The Kier molecular flexibility index (Phi) is 5.67. The first-order valence-corrected chi connectivity index (χ1v) is 8.48. The van der Waals surface area contributed by atoms with Crippen LogP contribution in [0.2, 0.25) is 0 Å². The second kappa shape index (κ2) is 6.58. The highest BCUT2D eigenvalue weighted by Gasteiger charge is 2.35. The largest absolute Gasteiger partial charge is 0.289 e. The van der Waals surface area contributed by atoms with Crippen LogP contribution in [0.25, 0.3) is 0 Å². The Hall–Kier alpha value is -1.09. The van der Waals surface area contributed by atoms with E-state index in [1.54, 1.807) is 11.3 Å². The van der Waals surface area contributed by atoms with Gasteiger partial charge in [-0.2, -0.15) is 0 Å². The molecular formula is C19H26BOS. The SMILES string of the molecule is CC(C)(C)C1=CC(Cc2cccs2)C=C(C(C)(C)C)C1=O.[B]. The number of hydrogen-bond donors (Lipinski definition) is 0. The lowest BCUT2D eigenvalue weighted by Gasteiger charge is -2.33. The van der Waals surface area contributed by atoms with Gasteiger partial charge in [0.2, 0.25) is 0 Å². The summed E-state index contributed by atoms with van der Waals surface area (Å²) in [5, 5.41) is 2.12. The molecule has 0 fully saturated rings. The maximum absolute atomic E-state index is 12.8. The zero-order valence-corrected chi connectivity index (χ0v) is 15.4. The van der Waals surface area contributed by atoms with E-state index in [9.17, 15) is 4.79 Å². The third-order valence-corrected chi connectivity index (χ3v) is 4.78. The molecule has 1 aliphatic rings. The highest BCUT2D eigenvalue weighted by molar-refractivity contribution is 7.09. The first-order valence-electron chi connectivity index (χ1n) is 7.61. The highest BCUT2D eigenvalue weighted by Crippen LogP contribution is 2.39. The summed E-state index contributed by atoms with van der Waals surface area (Å²) in [7, 11) is 0. The van der Waals surface area contributed by atoms with Crippen LogP contribution in [-0.2, 0) is 11.2 Å². The van der Waals surface area contributed by atoms with Crippen molar-refractivity contribution in [1.29, 1.82) is 0 Å². The highest BCUT2D eigenvalue weighted by atomic mass is 32.1. The van der Waals surface area contributed by atoms with Crippen molar-refractivity contribution < 1.29 is 4.79 Å². The molecule has 1 nitrogen and oxygen atoms in total. The number of thiophene rings is 1. The van der Waals surface area contributed by atoms with E-state index >= 15 is 0 Å². The zero-order valence-electron chi connectivity index (χ0n) is 14.6. The number of Topliss-reactive ketones (excluding diaryl/α,β-unsaturated/α-hetero) is 1. The van der Waals surface area contributed by atoms with Crippen LogP contribution in [0.5, 0.6) is 0 Å². The summed E-state index contributed by atoms with van der Waals surface area (Å²) in [4.78, 5) is 14.2. The maximum atomic E-state index is 12.8. The molecule has 3 heteroatoms. The fraction of sp³-hybridized carbons (Fsp3) is 0.526. The minimum atomic E-state index is -0.102. The fourth-order valence-electron chi connectivity index (χ4n) is 2.73.